The number of aromatic nitrogens is 2. The molecule has 0 aliphatic carbocycles. The van der Waals surface area contributed by atoms with E-state index in [1.54, 1.807) is 17.1 Å². The molecule has 2 rings (SSSR count). The summed E-state index contributed by atoms with van der Waals surface area (Å²) in [4.78, 5) is 2.24. The molecule has 1 heterocycles. The number of benzene rings is 1. The number of hydrogen-bond acceptors (Lipinski definition) is 4. The van der Waals surface area contributed by atoms with Gasteiger partial charge in [-0.3, -0.25) is 9.58 Å². The molecule has 1 aromatic carbocycles. The average Bonchev–Trinajstić information content (AvgIpc) is 2.85. The van der Waals surface area contributed by atoms with Gasteiger partial charge in [0.05, 0.1) is 24.5 Å². The molecule has 21 heavy (non-hydrogen) atoms. The minimum Gasteiger partial charge on any atom is -0.396 e. The molecule has 0 spiro atoms. The van der Waals surface area contributed by atoms with Crippen LogP contribution in [-0.4, -0.2) is 39.0 Å². The molecule has 0 aliphatic rings. The number of aliphatic hydroxyl groups is 1. The predicted molar refractivity (Wildman–Crippen MR) is 84.8 cm³/mol. The lowest BCUT2D eigenvalue weighted by Crippen LogP contribution is -2.34. The van der Waals surface area contributed by atoms with Crippen LogP contribution in [0.2, 0.25) is 0 Å². The highest BCUT2D eigenvalue weighted by atomic mass is 16.3. The van der Waals surface area contributed by atoms with Gasteiger partial charge in [-0.25, -0.2) is 0 Å². The van der Waals surface area contributed by atoms with Gasteiger partial charge in [-0.05, 0) is 24.6 Å². The number of nitrogen functional groups attached to an aromatic ring is 1. The molecule has 0 fully saturated rings. The summed E-state index contributed by atoms with van der Waals surface area (Å²) in [6.45, 7) is 7.04. The first-order chi connectivity index (χ1) is 10.1. The summed E-state index contributed by atoms with van der Waals surface area (Å²) in [7, 11) is 0. The zero-order chi connectivity index (χ0) is 15.2. The Morgan fingerprint density at radius 3 is 2.76 bits per heavy atom. The molecule has 5 nitrogen and oxygen atoms in total. The molecule has 114 valence electrons. The van der Waals surface area contributed by atoms with E-state index in [4.69, 9.17) is 5.73 Å². The van der Waals surface area contributed by atoms with Gasteiger partial charge in [0.15, 0.2) is 0 Å². The molecule has 0 radical (unpaired) electrons. The molecule has 1 unspecified atom stereocenters. The second-order valence-corrected chi connectivity index (χ2v) is 5.40. The summed E-state index contributed by atoms with van der Waals surface area (Å²) in [5, 5.41) is 14.3. The van der Waals surface area contributed by atoms with E-state index >= 15 is 0 Å². The van der Waals surface area contributed by atoms with Crippen LogP contribution in [0.5, 0.6) is 0 Å². The number of anilines is 1. The van der Waals surface area contributed by atoms with Crippen LogP contribution in [0.25, 0.3) is 0 Å². The Bertz CT molecular complexity index is 567. The van der Waals surface area contributed by atoms with Gasteiger partial charge in [0.25, 0.3) is 0 Å². The van der Waals surface area contributed by atoms with Crippen LogP contribution in [-0.2, 0) is 13.1 Å². The van der Waals surface area contributed by atoms with Crippen molar-refractivity contribution in [1.82, 2.24) is 14.7 Å². The number of rotatable bonds is 7. The largest absolute Gasteiger partial charge is 0.396 e. The van der Waals surface area contributed by atoms with E-state index in [2.05, 4.69) is 42.0 Å². The van der Waals surface area contributed by atoms with Gasteiger partial charge in [-0.15, -0.1) is 0 Å². The van der Waals surface area contributed by atoms with E-state index in [-0.39, 0.29) is 0 Å². The Balaban J connectivity index is 1.91. The monoisotopic (exact) mass is 288 g/mol. The summed E-state index contributed by atoms with van der Waals surface area (Å²) in [6, 6.07) is 8.36. The van der Waals surface area contributed by atoms with Crippen LogP contribution >= 0.6 is 0 Å². The van der Waals surface area contributed by atoms with E-state index < -0.39 is 6.10 Å². The Kier molecular flexibility index (Phi) is 5.36. The van der Waals surface area contributed by atoms with E-state index in [9.17, 15) is 5.11 Å². The summed E-state index contributed by atoms with van der Waals surface area (Å²) in [6.07, 6.45) is 2.87. The molecule has 0 bridgehead atoms. The van der Waals surface area contributed by atoms with Crippen molar-refractivity contribution in [3.05, 3.63) is 47.8 Å². The van der Waals surface area contributed by atoms with E-state index in [0.29, 0.717) is 18.8 Å². The molecular formula is C16H24N4O. The molecule has 0 amide bonds. The minimum atomic E-state index is -0.465. The van der Waals surface area contributed by atoms with Crippen molar-refractivity contribution in [2.75, 3.05) is 18.8 Å². The molecule has 3 N–H and O–H groups in total. The van der Waals surface area contributed by atoms with Crippen LogP contribution in [0.4, 0.5) is 5.69 Å². The van der Waals surface area contributed by atoms with Gasteiger partial charge in [0.1, 0.15) is 0 Å². The second kappa shape index (κ2) is 7.24. The van der Waals surface area contributed by atoms with Gasteiger partial charge in [0, 0.05) is 19.3 Å². The van der Waals surface area contributed by atoms with Gasteiger partial charge >= 0.3 is 0 Å². The summed E-state index contributed by atoms with van der Waals surface area (Å²) in [5.41, 5.74) is 8.83. The molecule has 1 atom stereocenters. The Hall–Kier alpha value is -1.85. The summed E-state index contributed by atoms with van der Waals surface area (Å²) >= 11 is 0. The zero-order valence-corrected chi connectivity index (χ0v) is 12.7. The Morgan fingerprint density at radius 1 is 1.38 bits per heavy atom. The maximum atomic E-state index is 10.2. The normalized spacial score (nSPS) is 12.8. The summed E-state index contributed by atoms with van der Waals surface area (Å²) in [5.74, 6) is 0. The lowest BCUT2D eigenvalue weighted by atomic mass is 10.1. The van der Waals surface area contributed by atoms with Crippen molar-refractivity contribution in [3.8, 4) is 0 Å². The first kappa shape index (κ1) is 15.5. The van der Waals surface area contributed by atoms with Crippen LogP contribution in [0.1, 0.15) is 18.1 Å². The number of nitrogens with two attached hydrogens (primary N) is 1. The van der Waals surface area contributed by atoms with Gasteiger partial charge < -0.3 is 10.8 Å². The second-order valence-electron chi connectivity index (χ2n) is 5.40. The maximum absolute atomic E-state index is 10.2. The molecular weight excluding hydrogens is 264 g/mol. The third-order valence-electron chi connectivity index (χ3n) is 3.62. The van der Waals surface area contributed by atoms with Crippen molar-refractivity contribution in [2.45, 2.75) is 33.0 Å². The first-order valence-electron chi connectivity index (χ1n) is 7.31. The lowest BCUT2D eigenvalue weighted by molar-refractivity contribution is 0.0940. The maximum Gasteiger partial charge on any atom is 0.0862 e. The minimum absolute atomic E-state index is 0.460. The highest BCUT2D eigenvalue weighted by Crippen LogP contribution is 2.11. The van der Waals surface area contributed by atoms with Crippen molar-refractivity contribution in [1.29, 1.82) is 0 Å². The van der Waals surface area contributed by atoms with Crippen molar-refractivity contribution >= 4 is 5.69 Å². The highest BCUT2D eigenvalue weighted by Gasteiger charge is 2.12. The molecule has 5 heteroatoms. The fourth-order valence-corrected chi connectivity index (χ4v) is 2.38. The number of likely N-dealkylation sites (N-methyl/N-ethyl adjacent to an activating group) is 1. The van der Waals surface area contributed by atoms with Gasteiger partial charge in [-0.1, -0.05) is 31.2 Å². The topological polar surface area (TPSA) is 67.3 Å². The molecule has 1 aromatic heterocycles. The smallest absolute Gasteiger partial charge is 0.0862 e. The van der Waals surface area contributed by atoms with Crippen LogP contribution < -0.4 is 5.73 Å². The number of aryl methyl sites for hydroxylation is 1. The molecule has 0 aliphatic heterocycles. The zero-order valence-electron chi connectivity index (χ0n) is 12.7. The quantitative estimate of drug-likeness (QED) is 0.813. The SMILES string of the molecule is CCN(Cc1ccccc1C)CC(O)Cn1cc(N)cn1. The lowest BCUT2D eigenvalue weighted by Gasteiger charge is -2.24. The Morgan fingerprint density at radius 2 is 2.14 bits per heavy atom. The van der Waals surface area contributed by atoms with Crippen LogP contribution in [0.15, 0.2) is 36.7 Å². The fraction of sp³-hybridized carbons (Fsp3) is 0.438. The molecule has 2 aromatic rings. The fourth-order valence-electron chi connectivity index (χ4n) is 2.38. The first-order valence-corrected chi connectivity index (χ1v) is 7.31. The van der Waals surface area contributed by atoms with E-state index in [1.807, 2.05) is 6.07 Å². The van der Waals surface area contributed by atoms with Crippen molar-refractivity contribution in [2.24, 2.45) is 0 Å². The van der Waals surface area contributed by atoms with Crippen molar-refractivity contribution in [3.63, 3.8) is 0 Å². The van der Waals surface area contributed by atoms with E-state index in [0.717, 1.165) is 13.1 Å². The predicted octanol–water partition coefficient (Wildman–Crippen LogP) is 1.66. The van der Waals surface area contributed by atoms with Crippen LogP contribution in [0, 0.1) is 6.92 Å². The standard InChI is InChI=1S/C16H24N4O/c1-3-19(9-14-7-5-4-6-13(14)2)11-16(21)12-20-10-15(17)8-18-20/h4-8,10,16,21H,3,9,11-12,17H2,1-2H3. The number of aliphatic hydroxyl groups excluding tert-OH is 1. The van der Waals surface area contributed by atoms with Crippen molar-refractivity contribution < 1.29 is 5.11 Å². The molecule has 0 saturated carbocycles. The van der Waals surface area contributed by atoms with Gasteiger partial charge in [0.2, 0.25) is 0 Å². The number of nitrogens with zero attached hydrogens (tertiary/aromatic N) is 3. The third-order valence-corrected chi connectivity index (χ3v) is 3.62. The third kappa shape index (κ3) is 4.58. The van der Waals surface area contributed by atoms with E-state index in [1.165, 1.54) is 11.1 Å². The van der Waals surface area contributed by atoms with Gasteiger partial charge in [-0.2, -0.15) is 5.10 Å². The number of hydrogen-bond donors (Lipinski definition) is 2. The summed E-state index contributed by atoms with van der Waals surface area (Å²) < 4.78 is 1.68. The highest BCUT2D eigenvalue weighted by molar-refractivity contribution is 5.30. The van der Waals surface area contributed by atoms with Crippen LogP contribution in [0.3, 0.4) is 0 Å². The molecule has 0 saturated heterocycles. The average molecular weight is 288 g/mol. The Labute approximate surface area is 126 Å².